The van der Waals surface area contributed by atoms with Crippen molar-refractivity contribution >= 4 is 21.6 Å². The van der Waals surface area contributed by atoms with Crippen molar-refractivity contribution in [3.8, 4) is 0 Å². The molecule has 0 aliphatic carbocycles. The van der Waals surface area contributed by atoms with Crippen LogP contribution in [-0.4, -0.2) is 37.5 Å². The van der Waals surface area contributed by atoms with E-state index in [1.54, 1.807) is 6.92 Å². The smallest absolute Gasteiger partial charge is 0.228 e. The Balaban J connectivity index is 2.00. The van der Waals surface area contributed by atoms with Crippen molar-refractivity contribution in [3.05, 3.63) is 30.3 Å². The first-order chi connectivity index (χ1) is 9.53. The van der Waals surface area contributed by atoms with Gasteiger partial charge in [0, 0.05) is 18.8 Å². The van der Waals surface area contributed by atoms with E-state index in [4.69, 9.17) is 0 Å². The second kappa shape index (κ2) is 6.37. The Morgan fingerprint density at radius 2 is 2.05 bits per heavy atom. The molecule has 0 aromatic heterocycles. The Morgan fingerprint density at radius 1 is 1.35 bits per heavy atom. The van der Waals surface area contributed by atoms with E-state index < -0.39 is 10.0 Å². The number of hydrogen-bond donors (Lipinski definition) is 1. The summed E-state index contributed by atoms with van der Waals surface area (Å²) in [5.41, 5.74) is 0.743. The van der Waals surface area contributed by atoms with E-state index in [1.165, 1.54) is 4.31 Å². The number of para-hydroxylation sites is 1. The normalized spacial score (nSPS) is 20.6. The fourth-order valence-corrected chi connectivity index (χ4v) is 3.54. The second-order valence-electron chi connectivity index (χ2n) is 4.95. The summed E-state index contributed by atoms with van der Waals surface area (Å²) in [5.74, 6) is -0.294. The maximum atomic E-state index is 12.2. The largest absolute Gasteiger partial charge is 0.326 e. The van der Waals surface area contributed by atoms with Gasteiger partial charge in [0.1, 0.15) is 0 Å². The summed E-state index contributed by atoms with van der Waals surface area (Å²) in [4.78, 5) is 12.2. The van der Waals surface area contributed by atoms with Gasteiger partial charge in [-0.05, 0) is 31.9 Å². The third-order valence-electron chi connectivity index (χ3n) is 3.55. The molecule has 1 fully saturated rings. The van der Waals surface area contributed by atoms with E-state index in [0.717, 1.165) is 18.5 Å². The van der Waals surface area contributed by atoms with Crippen LogP contribution in [0.5, 0.6) is 0 Å². The van der Waals surface area contributed by atoms with E-state index in [1.807, 2.05) is 30.3 Å². The summed E-state index contributed by atoms with van der Waals surface area (Å²) < 4.78 is 25.2. The van der Waals surface area contributed by atoms with E-state index in [-0.39, 0.29) is 24.1 Å². The van der Waals surface area contributed by atoms with Crippen molar-refractivity contribution in [2.45, 2.75) is 19.8 Å². The Morgan fingerprint density at radius 3 is 2.70 bits per heavy atom. The minimum absolute atomic E-state index is 0.0834. The van der Waals surface area contributed by atoms with Gasteiger partial charge in [-0.1, -0.05) is 18.2 Å². The molecule has 1 aliphatic rings. The molecule has 2 rings (SSSR count). The number of benzene rings is 1. The predicted molar refractivity (Wildman–Crippen MR) is 78.8 cm³/mol. The molecular weight excluding hydrogens is 276 g/mol. The highest BCUT2D eigenvalue weighted by molar-refractivity contribution is 7.89. The van der Waals surface area contributed by atoms with E-state index >= 15 is 0 Å². The van der Waals surface area contributed by atoms with E-state index in [0.29, 0.717) is 6.54 Å². The number of nitrogens with zero attached hydrogens (tertiary/aromatic N) is 1. The first-order valence-electron chi connectivity index (χ1n) is 6.86. The maximum absolute atomic E-state index is 12.2. The second-order valence-corrected chi connectivity index (χ2v) is 7.21. The van der Waals surface area contributed by atoms with Crippen molar-refractivity contribution < 1.29 is 13.2 Å². The van der Waals surface area contributed by atoms with Crippen molar-refractivity contribution in [1.82, 2.24) is 4.31 Å². The molecule has 110 valence electrons. The molecule has 1 heterocycles. The van der Waals surface area contributed by atoms with Crippen LogP contribution in [0.2, 0.25) is 0 Å². The molecule has 5 nitrogen and oxygen atoms in total. The van der Waals surface area contributed by atoms with E-state index in [2.05, 4.69) is 5.32 Å². The van der Waals surface area contributed by atoms with Crippen LogP contribution in [0.1, 0.15) is 19.8 Å². The first-order valence-corrected chi connectivity index (χ1v) is 8.47. The summed E-state index contributed by atoms with van der Waals surface area (Å²) in [6, 6.07) is 9.23. The highest BCUT2D eigenvalue weighted by Crippen LogP contribution is 2.21. The minimum atomic E-state index is -3.21. The van der Waals surface area contributed by atoms with Crippen LogP contribution in [0.15, 0.2) is 30.3 Å². The highest BCUT2D eigenvalue weighted by atomic mass is 32.2. The summed E-state index contributed by atoms with van der Waals surface area (Å²) in [7, 11) is -3.21. The molecule has 1 N–H and O–H groups in total. The van der Waals surface area contributed by atoms with Gasteiger partial charge in [0.25, 0.3) is 0 Å². The van der Waals surface area contributed by atoms with Gasteiger partial charge in [-0.15, -0.1) is 0 Å². The fourth-order valence-electron chi connectivity index (χ4n) is 2.36. The monoisotopic (exact) mass is 296 g/mol. The van der Waals surface area contributed by atoms with Crippen LogP contribution in [0, 0.1) is 5.92 Å². The fraction of sp³-hybridized carbons (Fsp3) is 0.500. The lowest BCUT2D eigenvalue weighted by atomic mass is 9.99. The molecule has 1 atom stereocenters. The number of carbonyl (C=O) groups is 1. The molecule has 1 aromatic carbocycles. The average Bonchev–Trinajstić information content (AvgIpc) is 2.48. The third kappa shape index (κ3) is 3.58. The molecule has 0 radical (unpaired) electrons. The molecule has 1 amide bonds. The number of amides is 1. The molecular formula is C14H20N2O3S. The zero-order valence-electron chi connectivity index (χ0n) is 11.6. The van der Waals surface area contributed by atoms with Crippen molar-refractivity contribution in [1.29, 1.82) is 0 Å². The van der Waals surface area contributed by atoms with Crippen LogP contribution in [0.25, 0.3) is 0 Å². The molecule has 0 saturated carbocycles. The summed E-state index contributed by atoms with van der Waals surface area (Å²) in [5, 5.41) is 2.84. The summed E-state index contributed by atoms with van der Waals surface area (Å²) in [6.45, 7) is 2.43. The van der Waals surface area contributed by atoms with Crippen molar-refractivity contribution in [2.24, 2.45) is 5.92 Å². The SMILES string of the molecule is CCS(=O)(=O)N1CCC[C@@H](C(=O)Nc2ccccc2)C1. The van der Waals surface area contributed by atoms with Crippen LogP contribution in [-0.2, 0) is 14.8 Å². The molecule has 0 bridgehead atoms. The third-order valence-corrected chi connectivity index (χ3v) is 5.40. The molecule has 6 heteroatoms. The summed E-state index contributed by atoms with van der Waals surface area (Å²) in [6.07, 6.45) is 1.46. The van der Waals surface area contributed by atoms with Gasteiger partial charge in [0.05, 0.1) is 11.7 Å². The number of sulfonamides is 1. The Kier molecular flexibility index (Phi) is 4.77. The standard InChI is InChI=1S/C14H20N2O3S/c1-2-20(18,19)16-10-6-7-12(11-16)14(17)15-13-8-4-3-5-9-13/h3-5,8-9,12H,2,6-7,10-11H2,1H3,(H,15,17)/t12-/m1/s1. The van der Waals surface area contributed by atoms with Gasteiger partial charge in [-0.2, -0.15) is 0 Å². The zero-order valence-corrected chi connectivity index (χ0v) is 12.4. The lowest BCUT2D eigenvalue weighted by Gasteiger charge is -2.30. The first kappa shape index (κ1) is 15.0. The zero-order chi connectivity index (χ0) is 14.6. The molecule has 0 spiro atoms. The maximum Gasteiger partial charge on any atom is 0.228 e. The molecule has 20 heavy (non-hydrogen) atoms. The van der Waals surface area contributed by atoms with Gasteiger partial charge in [-0.3, -0.25) is 4.79 Å². The lowest BCUT2D eigenvalue weighted by Crippen LogP contribution is -2.44. The number of anilines is 1. The number of rotatable bonds is 4. The number of piperidine rings is 1. The Labute approximate surface area is 120 Å². The van der Waals surface area contributed by atoms with Crippen LogP contribution in [0.4, 0.5) is 5.69 Å². The number of carbonyl (C=O) groups excluding carboxylic acids is 1. The van der Waals surface area contributed by atoms with Crippen molar-refractivity contribution in [3.63, 3.8) is 0 Å². The highest BCUT2D eigenvalue weighted by Gasteiger charge is 2.31. The Hall–Kier alpha value is -1.40. The molecule has 1 aromatic rings. The molecule has 1 aliphatic heterocycles. The predicted octanol–water partition coefficient (Wildman–Crippen LogP) is 1.69. The quantitative estimate of drug-likeness (QED) is 0.919. The van der Waals surface area contributed by atoms with Crippen molar-refractivity contribution in [2.75, 3.05) is 24.2 Å². The van der Waals surface area contributed by atoms with Gasteiger partial charge in [-0.25, -0.2) is 12.7 Å². The number of hydrogen-bond acceptors (Lipinski definition) is 3. The van der Waals surface area contributed by atoms with E-state index in [9.17, 15) is 13.2 Å². The van der Waals surface area contributed by atoms with Gasteiger partial charge >= 0.3 is 0 Å². The van der Waals surface area contributed by atoms with Gasteiger partial charge < -0.3 is 5.32 Å². The lowest BCUT2D eigenvalue weighted by molar-refractivity contribution is -0.120. The number of nitrogens with one attached hydrogen (secondary N) is 1. The molecule has 0 unspecified atom stereocenters. The average molecular weight is 296 g/mol. The Bertz CT molecular complexity index is 557. The molecule has 1 saturated heterocycles. The minimum Gasteiger partial charge on any atom is -0.326 e. The van der Waals surface area contributed by atoms with Gasteiger partial charge in [0.2, 0.25) is 15.9 Å². The van der Waals surface area contributed by atoms with Crippen LogP contribution in [0.3, 0.4) is 0 Å². The van der Waals surface area contributed by atoms with Crippen LogP contribution >= 0.6 is 0 Å². The van der Waals surface area contributed by atoms with Gasteiger partial charge in [0.15, 0.2) is 0 Å². The topological polar surface area (TPSA) is 66.5 Å². The van der Waals surface area contributed by atoms with Crippen LogP contribution < -0.4 is 5.32 Å². The summed E-state index contributed by atoms with van der Waals surface area (Å²) >= 11 is 0.